The van der Waals surface area contributed by atoms with E-state index in [4.69, 9.17) is 15.2 Å². The molecule has 5 nitrogen and oxygen atoms in total. The molecule has 0 aliphatic rings. The standard InChI is InChI=1S/C23H32N2O3/c1-3-21(14-18(2)28-16-20-12-8-5-9-13-20)25-23(26)22(24)17-27-15-19-10-6-4-7-11-19/h4-13,18,21-22H,3,14-17,24H2,1-2H3,(H,25,26). The average molecular weight is 385 g/mol. The molecule has 0 saturated heterocycles. The molecule has 0 fully saturated rings. The Morgan fingerprint density at radius 1 is 1.00 bits per heavy atom. The van der Waals surface area contributed by atoms with E-state index in [9.17, 15) is 4.79 Å². The van der Waals surface area contributed by atoms with Crippen molar-refractivity contribution in [2.75, 3.05) is 6.61 Å². The summed E-state index contributed by atoms with van der Waals surface area (Å²) in [6.07, 6.45) is 1.60. The first-order valence-corrected chi connectivity index (χ1v) is 9.91. The molecule has 0 aliphatic carbocycles. The number of nitrogens with two attached hydrogens (primary N) is 1. The van der Waals surface area contributed by atoms with Crippen LogP contribution in [0.3, 0.4) is 0 Å². The van der Waals surface area contributed by atoms with Crippen molar-refractivity contribution in [1.82, 2.24) is 5.32 Å². The molecule has 2 rings (SSSR count). The largest absolute Gasteiger partial charge is 0.375 e. The number of hydrogen-bond donors (Lipinski definition) is 2. The maximum atomic E-state index is 12.4. The van der Waals surface area contributed by atoms with Gasteiger partial charge in [-0.05, 0) is 30.9 Å². The first-order valence-electron chi connectivity index (χ1n) is 9.91. The van der Waals surface area contributed by atoms with E-state index in [0.717, 1.165) is 24.0 Å². The Labute approximate surface area is 168 Å². The van der Waals surface area contributed by atoms with E-state index in [1.165, 1.54) is 0 Å². The second-order valence-corrected chi connectivity index (χ2v) is 7.06. The van der Waals surface area contributed by atoms with E-state index in [1.807, 2.05) is 74.5 Å². The lowest BCUT2D eigenvalue weighted by molar-refractivity contribution is -0.124. The van der Waals surface area contributed by atoms with Crippen LogP contribution in [-0.2, 0) is 27.5 Å². The molecule has 3 atom stereocenters. The van der Waals surface area contributed by atoms with Crippen LogP contribution in [0, 0.1) is 0 Å². The van der Waals surface area contributed by atoms with E-state index in [0.29, 0.717) is 13.2 Å². The van der Waals surface area contributed by atoms with Gasteiger partial charge in [0.05, 0.1) is 25.9 Å². The maximum absolute atomic E-state index is 12.4. The van der Waals surface area contributed by atoms with Gasteiger partial charge in [0.15, 0.2) is 0 Å². The predicted molar refractivity (Wildman–Crippen MR) is 112 cm³/mol. The highest BCUT2D eigenvalue weighted by Crippen LogP contribution is 2.10. The van der Waals surface area contributed by atoms with Crippen LogP contribution in [0.5, 0.6) is 0 Å². The van der Waals surface area contributed by atoms with Gasteiger partial charge in [0.25, 0.3) is 0 Å². The molecule has 0 heterocycles. The summed E-state index contributed by atoms with van der Waals surface area (Å²) >= 11 is 0. The molecule has 2 aromatic carbocycles. The van der Waals surface area contributed by atoms with Crippen molar-refractivity contribution in [2.45, 2.75) is 58.1 Å². The molecule has 3 unspecified atom stereocenters. The van der Waals surface area contributed by atoms with Crippen molar-refractivity contribution in [3.05, 3.63) is 71.8 Å². The fourth-order valence-electron chi connectivity index (χ4n) is 2.87. The van der Waals surface area contributed by atoms with Crippen LogP contribution >= 0.6 is 0 Å². The first-order chi connectivity index (χ1) is 13.6. The third kappa shape index (κ3) is 8.21. The molecule has 0 spiro atoms. The topological polar surface area (TPSA) is 73.6 Å². The fourth-order valence-corrected chi connectivity index (χ4v) is 2.87. The lowest BCUT2D eigenvalue weighted by Gasteiger charge is -2.23. The number of hydrogen-bond acceptors (Lipinski definition) is 4. The minimum absolute atomic E-state index is 0.0263. The highest BCUT2D eigenvalue weighted by molar-refractivity contribution is 5.81. The Morgan fingerprint density at radius 2 is 1.57 bits per heavy atom. The van der Waals surface area contributed by atoms with Gasteiger partial charge in [-0.1, -0.05) is 67.6 Å². The summed E-state index contributed by atoms with van der Waals surface area (Å²) in [7, 11) is 0. The lowest BCUT2D eigenvalue weighted by atomic mass is 10.1. The SMILES string of the molecule is CCC(CC(C)OCc1ccccc1)NC(=O)C(N)COCc1ccccc1. The third-order valence-corrected chi connectivity index (χ3v) is 4.58. The summed E-state index contributed by atoms with van der Waals surface area (Å²) in [5, 5.41) is 3.02. The molecular formula is C23H32N2O3. The Balaban J connectivity index is 1.68. The van der Waals surface area contributed by atoms with Crippen LogP contribution in [0.15, 0.2) is 60.7 Å². The highest BCUT2D eigenvalue weighted by atomic mass is 16.5. The van der Waals surface area contributed by atoms with E-state index in [-0.39, 0.29) is 24.7 Å². The summed E-state index contributed by atoms with van der Waals surface area (Å²) in [4.78, 5) is 12.4. The molecule has 0 bridgehead atoms. The van der Waals surface area contributed by atoms with Gasteiger partial charge in [-0.2, -0.15) is 0 Å². The molecule has 0 radical (unpaired) electrons. The number of carbonyl (C=O) groups excluding carboxylic acids is 1. The Kier molecular flexibility index (Phi) is 9.69. The fraction of sp³-hybridized carbons (Fsp3) is 0.435. The second-order valence-electron chi connectivity index (χ2n) is 7.06. The van der Waals surface area contributed by atoms with E-state index >= 15 is 0 Å². The second kappa shape index (κ2) is 12.3. The molecule has 2 aromatic rings. The quantitative estimate of drug-likeness (QED) is 0.588. The van der Waals surface area contributed by atoms with Gasteiger partial charge in [0.2, 0.25) is 5.91 Å². The van der Waals surface area contributed by atoms with Gasteiger partial charge in [-0.15, -0.1) is 0 Å². The summed E-state index contributed by atoms with van der Waals surface area (Å²) in [6.45, 7) is 5.28. The number of nitrogens with one attached hydrogen (secondary N) is 1. The minimum Gasteiger partial charge on any atom is -0.375 e. The summed E-state index contributed by atoms with van der Waals surface area (Å²) in [6, 6.07) is 19.2. The van der Waals surface area contributed by atoms with Crippen molar-refractivity contribution in [2.24, 2.45) is 5.73 Å². The van der Waals surface area contributed by atoms with E-state index in [1.54, 1.807) is 0 Å². The molecule has 0 aromatic heterocycles. The molecule has 1 amide bonds. The van der Waals surface area contributed by atoms with Crippen molar-refractivity contribution < 1.29 is 14.3 Å². The van der Waals surface area contributed by atoms with Crippen molar-refractivity contribution >= 4 is 5.91 Å². The molecule has 5 heteroatoms. The third-order valence-electron chi connectivity index (χ3n) is 4.58. The number of ether oxygens (including phenoxy) is 2. The zero-order chi connectivity index (χ0) is 20.2. The first kappa shape index (κ1) is 22.1. The lowest BCUT2D eigenvalue weighted by Crippen LogP contribution is -2.48. The average Bonchev–Trinajstić information content (AvgIpc) is 2.73. The Morgan fingerprint density at radius 3 is 2.14 bits per heavy atom. The number of amides is 1. The van der Waals surface area contributed by atoms with Crippen LogP contribution in [0.1, 0.15) is 37.8 Å². The zero-order valence-electron chi connectivity index (χ0n) is 16.8. The molecule has 0 aliphatic heterocycles. The normalized spacial score (nSPS) is 14.2. The van der Waals surface area contributed by atoms with Gasteiger partial charge >= 0.3 is 0 Å². The monoisotopic (exact) mass is 384 g/mol. The van der Waals surface area contributed by atoms with Crippen molar-refractivity contribution in [3.8, 4) is 0 Å². The minimum atomic E-state index is -0.682. The molecule has 152 valence electrons. The van der Waals surface area contributed by atoms with Gasteiger partial charge < -0.3 is 20.5 Å². The molecular weight excluding hydrogens is 352 g/mol. The van der Waals surface area contributed by atoms with Crippen molar-refractivity contribution in [3.63, 3.8) is 0 Å². The highest BCUT2D eigenvalue weighted by Gasteiger charge is 2.19. The van der Waals surface area contributed by atoms with Crippen LogP contribution in [0.4, 0.5) is 0 Å². The van der Waals surface area contributed by atoms with Gasteiger partial charge in [-0.3, -0.25) is 4.79 Å². The summed E-state index contributed by atoms with van der Waals surface area (Å²) in [5.41, 5.74) is 8.19. The van der Waals surface area contributed by atoms with Gasteiger partial charge in [-0.25, -0.2) is 0 Å². The van der Waals surface area contributed by atoms with Crippen LogP contribution in [0.25, 0.3) is 0 Å². The van der Waals surface area contributed by atoms with Crippen LogP contribution in [0.2, 0.25) is 0 Å². The molecule has 0 saturated carbocycles. The van der Waals surface area contributed by atoms with Crippen molar-refractivity contribution in [1.29, 1.82) is 0 Å². The number of carbonyl (C=O) groups is 1. The zero-order valence-corrected chi connectivity index (χ0v) is 16.8. The number of benzene rings is 2. The van der Waals surface area contributed by atoms with E-state index < -0.39 is 6.04 Å². The Bertz CT molecular complexity index is 679. The number of rotatable bonds is 12. The predicted octanol–water partition coefficient (Wildman–Crippen LogP) is 3.42. The smallest absolute Gasteiger partial charge is 0.239 e. The molecule has 3 N–H and O–H groups in total. The summed E-state index contributed by atoms with van der Waals surface area (Å²) in [5.74, 6) is -0.185. The summed E-state index contributed by atoms with van der Waals surface area (Å²) < 4.78 is 11.5. The van der Waals surface area contributed by atoms with Crippen LogP contribution < -0.4 is 11.1 Å². The van der Waals surface area contributed by atoms with Crippen LogP contribution in [-0.4, -0.2) is 30.7 Å². The van der Waals surface area contributed by atoms with Gasteiger partial charge in [0, 0.05) is 6.04 Å². The van der Waals surface area contributed by atoms with Gasteiger partial charge in [0.1, 0.15) is 6.04 Å². The van der Waals surface area contributed by atoms with E-state index in [2.05, 4.69) is 5.32 Å². The molecule has 28 heavy (non-hydrogen) atoms. The maximum Gasteiger partial charge on any atom is 0.239 e. The Hall–Kier alpha value is -2.21.